The van der Waals surface area contributed by atoms with Gasteiger partial charge in [0.15, 0.2) is 0 Å². The highest BCUT2D eigenvalue weighted by molar-refractivity contribution is 6.99. The smallest absolute Gasteiger partial charge is 0.440 e. The van der Waals surface area contributed by atoms with Gasteiger partial charge in [-0.05, 0) is 28.4 Å². The maximum Gasteiger partial charge on any atom is 0.445 e. The van der Waals surface area contributed by atoms with Gasteiger partial charge in [-0.25, -0.2) is 9.59 Å². The van der Waals surface area contributed by atoms with Gasteiger partial charge in [0, 0.05) is 0 Å². The first-order valence-corrected chi connectivity index (χ1v) is 11.4. The molecular formula is C23H27NO4Si. The largest absolute Gasteiger partial charge is 0.445 e. The van der Waals surface area contributed by atoms with Crippen molar-refractivity contribution < 1.29 is 18.8 Å². The molecule has 0 unspecified atom stereocenters. The van der Waals surface area contributed by atoms with E-state index in [1.54, 1.807) is 13.0 Å². The van der Waals surface area contributed by atoms with Crippen molar-refractivity contribution in [1.29, 1.82) is 0 Å². The summed E-state index contributed by atoms with van der Waals surface area (Å²) in [5.74, 6) is 0. The van der Waals surface area contributed by atoms with Gasteiger partial charge in [0.2, 0.25) is 6.08 Å². The average Bonchev–Trinajstić information content (AvgIpc) is 2.68. The lowest BCUT2D eigenvalue weighted by molar-refractivity contribution is 0.137. The molecule has 0 bridgehead atoms. The number of carbonyl (C=O) groups excluding carboxylic acids is 2. The van der Waals surface area contributed by atoms with Crippen molar-refractivity contribution in [2.45, 2.75) is 38.8 Å². The van der Waals surface area contributed by atoms with Crippen molar-refractivity contribution in [1.82, 2.24) is 0 Å². The molecule has 0 heterocycles. The van der Waals surface area contributed by atoms with Crippen LogP contribution in [0.2, 0.25) is 5.04 Å². The van der Waals surface area contributed by atoms with E-state index in [1.165, 1.54) is 16.5 Å². The van der Waals surface area contributed by atoms with Crippen LogP contribution in [0.4, 0.5) is 4.79 Å². The zero-order valence-electron chi connectivity index (χ0n) is 17.3. The minimum atomic E-state index is -2.59. The molecule has 0 aromatic heterocycles. The van der Waals surface area contributed by atoms with Gasteiger partial charge in [0.25, 0.3) is 8.32 Å². The Morgan fingerprint density at radius 1 is 1.07 bits per heavy atom. The molecule has 1 atom stereocenters. The Bertz CT molecular complexity index is 829. The van der Waals surface area contributed by atoms with Gasteiger partial charge in [-0.1, -0.05) is 92.5 Å². The molecule has 29 heavy (non-hydrogen) atoms. The third kappa shape index (κ3) is 5.61. The van der Waals surface area contributed by atoms with Crippen LogP contribution >= 0.6 is 0 Å². The zero-order chi connectivity index (χ0) is 21.3. The molecule has 0 aliphatic carbocycles. The number of rotatable bonds is 7. The summed E-state index contributed by atoms with van der Waals surface area (Å²) < 4.78 is 11.7. The fourth-order valence-electron chi connectivity index (χ4n) is 3.44. The van der Waals surface area contributed by atoms with E-state index >= 15 is 0 Å². The number of benzene rings is 2. The summed E-state index contributed by atoms with van der Waals surface area (Å²) in [5, 5.41) is 2.29. The Labute approximate surface area is 173 Å². The van der Waals surface area contributed by atoms with Gasteiger partial charge < -0.3 is 9.16 Å². The summed E-state index contributed by atoms with van der Waals surface area (Å²) >= 11 is 0. The molecule has 0 aliphatic heterocycles. The Balaban J connectivity index is 2.31. The topological polar surface area (TPSA) is 65.0 Å². The number of hydrogen-bond donors (Lipinski definition) is 0. The molecular weight excluding hydrogens is 382 g/mol. The summed E-state index contributed by atoms with van der Waals surface area (Å²) in [7, 11) is -2.59. The van der Waals surface area contributed by atoms with Gasteiger partial charge in [0.1, 0.15) is 6.10 Å². The highest BCUT2D eigenvalue weighted by atomic mass is 28.4. The van der Waals surface area contributed by atoms with E-state index in [2.05, 4.69) is 50.0 Å². The molecule has 0 saturated carbocycles. The van der Waals surface area contributed by atoms with Crippen molar-refractivity contribution in [3.05, 3.63) is 72.8 Å². The standard InChI is InChI=1S/C23H27NO4Si/c1-19(28-22(26)24-18-25)12-11-17-27-29(23(2,3)4,20-13-7-5-8-14-20)21-15-9-6-10-16-21/h5-16,19H,17H2,1-4H3/b12-11+/t19-/m0/s1. The second kappa shape index (κ2) is 10.1. The van der Waals surface area contributed by atoms with Crippen LogP contribution in [-0.4, -0.2) is 33.2 Å². The van der Waals surface area contributed by atoms with Crippen LogP contribution in [0, 0.1) is 0 Å². The summed E-state index contributed by atoms with van der Waals surface area (Å²) in [5.41, 5.74) is 0. The Kier molecular flexibility index (Phi) is 7.85. The predicted octanol–water partition coefficient (Wildman–Crippen LogP) is 3.98. The molecule has 6 heteroatoms. The molecule has 0 fully saturated rings. The van der Waals surface area contributed by atoms with Gasteiger partial charge in [-0.15, -0.1) is 0 Å². The van der Waals surface area contributed by atoms with Crippen molar-refractivity contribution >= 4 is 30.9 Å². The molecule has 0 saturated heterocycles. The lowest BCUT2D eigenvalue weighted by Crippen LogP contribution is -2.66. The van der Waals surface area contributed by atoms with Crippen LogP contribution in [0.5, 0.6) is 0 Å². The van der Waals surface area contributed by atoms with Crippen LogP contribution < -0.4 is 10.4 Å². The van der Waals surface area contributed by atoms with E-state index in [0.29, 0.717) is 6.61 Å². The van der Waals surface area contributed by atoms with Gasteiger partial charge >= 0.3 is 6.09 Å². The maximum atomic E-state index is 11.2. The first-order valence-electron chi connectivity index (χ1n) is 9.51. The Hall–Kier alpha value is -2.79. The third-order valence-electron chi connectivity index (χ3n) is 4.64. The van der Waals surface area contributed by atoms with Crippen molar-refractivity contribution in [3.8, 4) is 0 Å². The molecule has 1 amide bonds. The summed E-state index contributed by atoms with van der Waals surface area (Å²) in [6.45, 7) is 8.70. The van der Waals surface area contributed by atoms with E-state index in [-0.39, 0.29) is 5.04 Å². The number of aliphatic imine (C=N–C) groups is 1. The quantitative estimate of drug-likeness (QED) is 0.300. The van der Waals surface area contributed by atoms with Gasteiger partial charge in [0.05, 0.1) is 6.61 Å². The van der Waals surface area contributed by atoms with Gasteiger partial charge in [-0.2, -0.15) is 0 Å². The number of isocyanates is 1. The van der Waals surface area contributed by atoms with Crippen LogP contribution in [0.25, 0.3) is 0 Å². The fourth-order valence-corrected chi connectivity index (χ4v) is 7.95. The van der Waals surface area contributed by atoms with Crippen molar-refractivity contribution in [2.24, 2.45) is 4.99 Å². The summed E-state index contributed by atoms with van der Waals surface area (Å²) in [6, 6.07) is 20.7. The van der Waals surface area contributed by atoms with Crippen LogP contribution in [0.1, 0.15) is 27.7 Å². The first-order chi connectivity index (χ1) is 13.8. The minimum Gasteiger partial charge on any atom is -0.440 e. The lowest BCUT2D eigenvalue weighted by atomic mass is 10.2. The van der Waals surface area contributed by atoms with Crippen LogP contribution in [0.15, 0.2) is 77.8 Å². The molecule has 0 spiro atoms. The molecule has 0 N–H and O–H groups in total. The fraction of sp³-hybridized carbons (Fsp3) is 0.304. The van der Waals surface area contributed by atoms with Crippen molar-refractivity contribution in [3.63, 3.8) is 0 Å². The molecule has 152 valence electrons. The second-order valence-electron chi connectivity index (χ2n) is 7.69. The highest BCUT2D eigenvalue weighted by Crippen LogP contribution is 2.36. The van der Waals surface area contributed by atoms with E-state index in [1.807, 2.05) is 42.5 Å². The van der Waals surface area contributed by atoms with Crippen molar-refractivity contribution in [2.75, 3.05) is 6.61 Å². The zero-order valence-corrected chi connectivity index (χ0v) is 18.3. The summed E-state index contributed by atoms with van der Waals surface area (Å²) in [6.07, 6.45) is 3.24. The molecule has 5 nitrogen and oxygen atoms in total. The minimum absolute atomic E-state index is 0.111. The number of ether oxygens (including phenoxy) is 1. The van der Waals surface area contributed by atoms with Crippen LogP contribution in [-0.2, 0) is 14.0 Å². The average molecular weight is 410 g/mol. The van der Waals surface area contributed by atoms with E-state index in [0.717, 1.165) is 0 Å². The number of nitrogens with zero attached hydrogens (tertiary/aromatic N) is 1. The summed E-state index contributed by atoms with van der Waals surface area (Å²) in [4.78, 5) is 24.3. The molecule has 2 aromatic carbocycles. The number of amides is 1. The SMILES string of the molecule is C[C@@H](/C=C/CO[Si](c1ccccc1)(c1ccccc1)C(C)(C)C)OC(=O)N=C=O. The number of hydrogen-bond acceptors (Lipinski definition) is 4. The Morgan fingerprint density at radius 3 is 2.03 bits per heavy atom. The van der Waals surface area contributed by atoms with E-state index in [4.69, 9.17) is 9.16 Å². The molecule has 0 radical (unpaired) electrons. The van der Waals surface area contributed by atoms with E-state index < -0.39 is 20.5 Å². The maximum absolute atomic E-state index is 11.2. The Morgan fingerprint density at radius 2 is 1.59 bits per heavy atom. The third-order valence-corrected chi connectivity index (χ3v) is 9.65. The monoisotopic (exact) mass is 409 g/mol. The normalized spacial score (nSPS) is 13.0. The van der Waals surface area contributed by atoms with Crippen LogP contribution in [0.3, 0.4) is 0 Å². The second-order valence-corrected chi connectivity index (χ2v) is 12.0. The molecule has 0 aliphatic rings. The molecule has 2 aromatic rings. The van der Waals surface area contributed by atoms with Gasteiger partial charge in [-0.3, -0.25) is 0 Å². The predicted molar refractivity (Wildman–Crippen MR) is 117 cm³/mol. The number of carbonyl (C=O) groups is 1. The lowest BCUT2D eigenvalue weighted by Gasteiger charge is -2.42. The van der Waals surface area contributed by atoms with E-state index in [9.17, 15) is 9.59 Å². The first kappa shape index (κ1) is 22.5. The highest BCUT2D eigenvalue weighted by Gasteiger charge is 2.49. The molecule has 2 rings (SSSR count).